The fourth-order valence-electron chi connectivity index (χ4n) is 4.30. The van der Waals surface area contributed by atoms with E-state index in [9.17, 15) is 19.3 Å². The van der Waals surface area contributed by atoms with E-state index in [0.717, 1.165) is 11.3 Å². The number of ether oxygens (including phenoxy) is 1. The van der Waals surface area contributed by atoms with Crippen molar-refractivity contribution in [3.05, 3.63) is 76.5 Å². The van der Waals surface area contributed by atoms with Crippen LogP contribution in [0.25, 0.3) is 11.2 Å². The normalized spacial score (nSPS) is 11.9. The summed E-state index contributed by atoms with van der Waals surface area (Å²) >= 11 is 0. The number of rotatable bonds is 14. The summed E-state index contributed by atoms with van der Waals surface area (Å²) in [6, 6.07) is 11.9. The molecule has 242 valence electrons. The van der Waals surface area contributed by atoms with Crippen molar-refractivity contribution in [2.75, 3.05) is 24.2 Å². The van der Waals surface area contributed by atoms with E-state index in [2.05, 4.69) is 51.1 Å². The zero-order valence-corrected chi connectivity index (χ0v) is 25.1. The summed E-state index contributed by atoms with van der Waals surface area (Å²) in [5, 5.41) is 18.8. The minimum Gasteiger partial charge on any atom is -0.425 e. The van der Waals surface area contributed by atoms with Gasteiger partial charge in [0.1, 0.15) is 11.8 Å². The van der Waals surface area contributed by atoms with E-state index in [0.29, 0.717) is 25.2 Å². The number of hydrogen-bond acceptors (Lipinski definition) is 15. The number of nitroso groups, excluding NO2 is 1. The number of fused-ring (bicyclic) bond motifs is 1. The van der Waals surface area contributed by atoms with Crippen molar-refractivity contribution >= 4 is 46.4 Å². The zero-order chi connectivity index (χ0) is 33.8. The predicted molar refractivity (Wildman–Crippen MR) is 168 cm³/mol. The summed E-state index contributed by atoms with van der Waals surface area (Å²) in [6.07, 6.45) is 1.55. The zero-order valence-electron chi connectivity index (χ0n) is 25.1. The Bertz CT molecular complexity index is 1800. The number of nitrogens with two attached hydrogens (primary N) is 3. The smallest absolute Gasteiger partial charge is 0.334 e. The molecule has 47 heavy (non-hydrogen) atoms. The highest BCUT2D eigenvalue weighted by atomic mass is 16.5. The monoisotopic (exact) mass is 642 g/mol. The van der Waals surface area contributed by atoms with Crippen LogP contribution in [0, 0.1) is 4.91 Å². The summed E-state index contributed by atoms with van der Waals surface area (Å²) in [6.45, 7) is 0.708. The highest BCUT2D eigenvalue weighted by Gasteiger charge is 2.25. The molecule has 4 aromatic rings. The third kappa shape index (κ3) is 9.23. The van der Waals surface area contributed by atoms with Gasteiger partial charge in [0.05, 0.1) is 25.0 Å². The second-order valence-corrected chi connectivity index (χ2v) is 9.90. The Kier molecular flexibility index (Phi) is 11.3. The van der Waals surface area contributed by atoms with Gasteiger partial charge in [-0.1, -0.05) is 22.6 Å². The maximum Gasteiger partial charge on any atom is 0.334 e. The van der Waals surface area contributed by atoms with Gasteiger partial charge < -0.3 is 32.4 Å². The van der Waals surface area contributed by atoms with Gasteiger partial charge in [0.15, 0.2) is 11.2 Å². The lowest BCUT2D eigenvalue weighted by atomic mass is 10.1. The molecule has 19 nitrogen and oxygen atoms in total. The Hall–Kier alpha value is -6.53. The molecule has 0 saturated carbocycles. The molecule has 19 heteroatoms. The molecule has 0 aliphatic rings. The topological polar surface area (TPSA) is 284 Å². The van der Waals surface area contributed by atoms with Gasteiger partial charge in [-0.25, -0.2) is 14.8 Å². The summed E-state index contributed by atoms with van der Waals surface area (Å²) < 4.78 is 5.44. The number of amides is 2. The van der Waals surface area contributed by atoms with Gasteiger partial charge in [-0.05, 0) is 54.8 Å². The molecule has 0 spiro atoms. The quantitative estimate of drug-likeness (QED) is 0.0384. The molecule has 2 aromatic carbocycles. The van der Waals surface area contributed by atoms with Crippen LogP contribution in [0.4, 0.5) is 17.5 Å². The van der Waals surface area contributed by atoms with E-state index in [1.165, 1.54) is 6.20 Å². The number of anilines is 2. The molecule has 0 fully saturated rings. The van der Waals surface area contributed by atoms with Gasteiger partial charge in [-0.15, -0.1) is 10.0 Å². The lowest BCUT2D eigenvalue weighted by Gasteiger charge is -2.20. The van der Waals surface area contributed by atoms with Crippen LogP contribution in [0.3, 0.4) is 0 Å². The minimum absolute atomic E-state index is 0.0490. The first-order valence-corrected chi connectivity index (χ1v) is 14.0. The van der Waals surface area contributed by atoms with Crippen molar-refractivity contribution in [1.82, 2.24) is 25.3 Å². The molecule has 0 saturated heterocycles. The van der Waals surface area contributed by atoms with Crippen LogP contribution in [0.2, 0.25) is 0 Å². The largest absolute Gasteiger partial charge is 0.425 e. The summed E-state index contributed by atoms with van der Waals surface area (Å²) in [5.41, 5.74) is 8.61. The van der Waals surface area contributed by atoms with Crippen LogP contribution in [-0.4, -0.2) is 57.4 Å². The first-order chi connectivity index (χ1) is 22.7. The molecular weight excluding hydrogens is 612 g/mol. The fraction of sp³-hybridized carbons (Fsp3) is 0.250. The fourth-order valence-corrected chi connectivity index (χ4v) is 4.30. The lowest BCUT2D eigenvalue weighted by molar-refractivity contribution is -0.136. The van der Waals surface area contributed by atoms with E-state index in [1.54, 1.807) is 48.5 Å². The maximum absolute atomic E-state index is 13.1. The average Bonchev–Trinajstić information content (AvgIpc) is 3.07. The average molecular weight is 643 g/mol. The third-order valence-electron chi connectivity index (χ3n) is 6.64. The Morgan fingerprint density at radius 1 is 1.00 bits per heavy atom. The number of hydrogen-bond donors (Lipinski definition) is 4. The standard InChI is InChI=1S/C28H30N14O5/c1-42(15-18-14-32-24-23(34-18)25(38-41-31)37-28(29)36-24)19-6-4-17(5-7-19)26(44)35-21(10-11-22(43)39-46)27(45)47-20-8-2-16(3-9-20)12-13-33-40-30/h2-9,14,21H,10-13,15H2,1H3,(H2,30,33)(H,35,44)(H4,29,31,32,36,37,38). The van der Waals surface area contributed by atoms with Crippen LogP contribution in [0.1, 0.15) is 34.5 Å². The number of nitrogens with one attached hydrogen (secondary N) is 1. The van der Waals surface area contributed by atoms with Crippen molar-refractivity contribution in [1.29, 1.82) is 0 Å². The molecule has 2 aromatic heterocycles. The van der Waals surface area contributed by atoms with Crippen molar-refractivity contribution < 1.29 is 19.1 Å². The molecule has 7 N–H and O–H groups in total. The van der Waals surface area contributed by atoms with E-state index in [4.69, 9.17) is 22.2 Å². The summed E-state index contributed by atoms with van der Waals surface area (Å²) in [4.78, 5) is 66.9. The van der Waals surface area contributed by atoms with Crippen molar-refractivity contribution in [3.8, 4) is 5.75 Å². The van der Waals surface area contributed by atoms with E-state index in [-0.39, 0.29) is 47.1 Å². The van der Waals surface area contributed by atoms with Gasteiger partial charge in [0.2, 0.25) is 11.8 Å². The minimum atomic E-state index is -1.24. The molecule has 0 bridgehead atoms. The number of nitrogens with zero attached hydrogens (tertiary/aromatic N) is 10. The summed E-state index contributed by atoms with van der Waals surface area (Å²) in [5.74, 6) is 8.04. The van der Waals surface area contributed by atoms with Crippen molar-refractivity contribution in [3.63, 3.8) is 0 Å². The van der Waals surface area contributed by atoms with Gasteiger partial charge >= 0.3 is 5.97 Å². The van der Waals surface area contributed by atoms with Gasteiger partial charge in [0, 0.05) is 29.9 Å². The molecule has 0 radical (unpaired) electrons. The highest BCUT2D eigenvalue weighted by Crippen LogP contribution is 2.22. The molecule has 2 amide bonds. The molecule has 1 atom stereocenters. The predicted octanol–water partition coefficient (Wildman–Crippen LogP) is 2.24. The van der Waals surface area contributed by atoms with E-state index in [1.807, 2.05) is 11.9 Å². The van der Waals surface area contributed by atoms with Gasteiger partial charge in [0.25, 0.3) is 11.8 Å². The molecule has 4 rings (SSSR count). The van der Waals surface area contributed by atoms with Crippen LogP contribution < -0.4 is 32.4 Å². The van der Waals surface area contributed by atoms with Crippen molar-refractivity contribution in [2.45, 2.75) is 31.8 Å². The number of carbonyl (C=O) groups excluding carboxylic acids is 3. The maximum atomic E-state index is 13.1. The highest BCUT2D eigenvalue weighted by molar-refractivity contribution is 5.97. The Balaban J connectivity index is 1.42. The van der Waals surface area contributed by atoms with E-state index >= 15 is 0 Å². The molecule has 1 unspecified atom stereocenters. The number of aromatic nitrogens is 4. The number of carbonyl (C=O) groups is 3. The number of nitrogen functional groups attached to an aromatic ring is 1. The van der Waals surface area contributed by atoms with Crippen LogP contribution in [0.15, 0.2) is 80.6 Å². The molecule has 2 heterocycles. The molecule has 0 aliphatic heterocycles. The Labute approximate surface area is 266 Å². The lowest BCUT2D eigenvalue weighted by Crippen LogP contribution is -2.43. The number of benzene rings is 2. The van der Waals surface area contributed by atoms with Gasteiger partial charge in [-0.2, -0.15) is 15.1 Å². The SMILES string of the molecule is CN(Cc1cnc2nc(N)nc(N=NN)c2n1)c1ccc(C(=O)NC(CCC(=O)N=O)C(=O)Oc2ccc(CCN=NN)cc2)cc1. The second kappa shape index (κ2) is 16.0. The molecule has 0 aliphatic carbocycles. The Morgan fingerprint density at radius 2 is 1.74 bits per heavy atom. The number of esters is 1. The second-order valence-electron chi connectivity index (χ2n) is 9.90. The van der Waals surface area contributed by atoms with Crippen molar-refractivity contribution in [2.24, 2.45) is 37.5 Å². The van der Waals surface area contributed by atoms with Crippen LogP contribution >= 0.6 is 0 Å². The molecular formula is C28H30N14O5. The van der Waals surface area contributed by atoms with E-state index < -0.39 is 23.8 Å². The summed E-state index contributed by atoms with van der Waals surface area (Å²) in [7, 11) is 1.81. The first-order valence-electron chi connectivity index (χ1n) is 14.0. The van der Waals surface area contributed by atoms with Gasteiger partial charge in [-0.3, -0.25) is 9.59 Å². The third-order valence-corrected chi connectivity index (χ3v) is 6.64. The van der Waals surface area contributed by atoms with Crippen LogP contribution in [0.5, 0.6) is 5.75 Å². The first kappa shape index (κ1) is 33.4. The Morgan fingerprint density at radius 3 is 2.43 bits per heavy atom. The van der Waals surface area contributed by atoms with Crippen LogP contribution in [-0.2, 0) is 22.6 Å².